The van der Waals surface area contributed by atoms with Gasteiger partial charge in [-0.25, -0.2) is 0 Å². The predicted molar refractivity (Wildman–Crippen MR) is 93.5 cm³/mol. The number of halogens is 1. The van der Waals surface area contributed by atoms with Crippen LogP contribution < -0.4 is 10.6 Å². The van der Waals surface area contributed by atoms with Crippen molar-refractivity contribution in [2.75, 3.05) is 18.4 Å². The second-order valence-corrected chi connectivity index (χ2v) is 8.34. The number of nitrogens with one attached hydrogen (secondary N) is 2. The van der Waals surface area contributed by atoms with Crippen LogP contribution in [0.25, 0.3) is 0 Å². The lowest BCUT2D eigenvalue weighted by Gasteiger charge is -2.31. The highest BCUT2D eigenvalue weighted by Gasteiger charge is 2.28. The SMILES string of the molecule is CC(C(=O)Nc1ccc(SC(C)(C)C)cc1)C1CNC1.Cl. The summed E-state index contributed by atoms with van der Waals surface area (Å²) in [6, 6.07) is 8.11. The summed E-state index contributed by atoms with van der Waals surface area (Å²) in [7, 11) is 0. The zero-order valence-corrected chi connectivity index (χ0v) is 14.7. The maximum Gasteiger partial charge on any atom is 0.227 e. The Hall–Kier alpha value is -0.710. The normalized spacial score (nSPS) is 16.6. The van der Waals surface area contributed by atoms with Crippen molar-refractivity contribution in [2.45, 2.75) is 37.3 Å². The van der Waals surface area contributed by atoms with Gasteiger partial charge < -0.3 is 10.6 Å². The Morgan fingerprint density at radius 3 is 2.29 bits per heavy atom. The summed E-state index contributed by atoms with van der Waals surface area (Å²) >= 11 is 1.83. The molecule has 1 heterocycles. The molecule has 1 aliphatic heterocycles. The summed E-state index contributed by atoms with van der Waals surface area (Å²) < 4.78 is 0.205. The first kappa shape index (κ1) is 18.3. The Morgan fingerprint density at radius 1 is 1.29 bits per heavy atom. The molecule has 118 valence electrons. The number of amides is 1. The first-order chi connectivity index (χ1) is 9.35. The molecule has 1 amide bonds. The molecule has 1 unspecified atom stereocenters. The zero-order chi connectivity index (χ0) is 14.8. The van der Waals surface area contributed by atoms with E-state index in [9.17, 15) is 4.79 Å². The molecule has 0 radical (unpaired) electrons. The highest BCUT2D eigenvalue weighted by atomic mass is 35.5. The van der Waals surface area contributed by atoms with Crippen molar-refractivity contribution >= 4 is 35.8 Å². The molecule has 2 rings (SSSR count). The number of benzene rings is 1. The monoisotopic (exact) mass is 328 g/mol. The van der Waals surface area contributed by atoms with Gasteiger partial charge in [0, 0.05) is 21.2 Å². The molecule has 0 bridgehead atoms. The molecule has 1 saturated heterocycles. The van der Waals surface area contributed by atoms with Crippen LogP contribution in [0.2, 0.25) is 0 Å². The lowest BCUT2D eigenvalue weighted by molar-refractivity contribution is -0.121. The number of carbonyl (C=O) groups is 1. The molecule has 21 heavy (non-hydrogen) atoms. The second-order valence-electron chi connectivity index (χ2n) is 6.44. The van der Waals surface area contributed by atoms with Crippen molar-refractivity contribution in [3.05, 3.63) is 24.3 Å². The molecule has 1 aromatic rings. The van der Waals surface area contributed by atoms with Gasteiger partial charge in [0.1, 0.15) is 0 Å². The Labute approximate surface area is 138 Å². The largest absolute Gasteiger partial charge is 0.326 e. The van der Waals surface area contributed by atoms with E-state index in [1.165, 1.54) is 4.90 Å². The predicted octanol–water partition coefficient (Wildman–Crippen LogP) is 3.79. The van der Waals surface area contributed by atoms with Gasteiger partial charge in [0.15, 0.2) is 0 Å². The average Bonchev–Trinajstić information content (AvgIpc) is 2.27. The van der Waals surface area contributed by atoms with Crippen molar-refractivity contribution in [3.8, 4) is 0 Å². The average molecular weight is 329 g/mol. The number of hydrogen-bond acceptors (Lipinski definition) is 3. The summed E-state index contributed by atoms with van der Waals surface area (Å²) in [5.41, 5.74) is 0.882. The van der Waals surface area contributed by atoms with Crippen LogP contribution in [0.1, 0.15) is 27.7 Å². The van der Waals surface area contributed by atoms with E-state index in [4.69, 9.17) is 0 Å². The third-order valence-electron chi connectivity index (χ3n) is 3.48. The molecule has 0 spiro atoms. The molecule has 0 saturated carbocycles. The van der Waals surface area contributed by atoms with Gasteiger partial charge in [-0.3, -0.25) is 4.79 Å². The fourth-order valence-corrected chi connectivity index (χ4v) is 3.07. The quantitative estimate of drug-likeness (QED) is 0.826. The molecule has 1 aliphatic rings. The zero-order valence-electron chi connectivity index (χ0n) is 13.1. The third kappa shape index (κ3) is 5.53. The molecule has 3 nitrogen and oxygen atoms in total. The van der Waals surface area contributed by atoms with Crippen molar-refractivity contribution in [1.82, 2.24) is 5.32 Å². The van der Waals surface area contributed by atoms with Crippen LogP contribution in [0, 0.1) is 11.8 Å². The molecular weight excluding hydrogens is 304 g/mol. The van der Waals surface area contributed by atoms with E-state index in [1.807, 2.05) is 30.8 Å². The first-order valence-electron chi connectivity index (χ1n) is 7.16. The van der Waals surface area contributed by atoms with E-state index in [2.05, 4.69) is 43.5 Å². The van der Waals surface area contributed by atoms with Crippen molar-refractivity contribution in [2.24, 2.45) is 11.8 Å². The molecule has 1 aromatic carbocycles. The van der Waals surface area contributed by atoms with Crippen LogP contribution in [0.5, 0.6) is 0 Å². The number of anilines is 1. The van der Waals surface area contributed by atoms with E-state index in [1.54, 1.807) is 0 Å². The van der Waals surface area contributed by atoms with Gasteiger partial charge in [0.2, 0.25) is 5.91 Å². The maximum absolute atomic E-state index is 12.1. The van der Waals surface area contributed by atoms with Crippen molar-refractivity contribution < 1.29 is 4.79 Å². The van der Waals surface area contributed by atoms with Crippen molar-refractivity contribution in [1.29, 1.82) is 0 Å². The topological polar surface area (TPSA) is 41.1 Å². The van der Waals surface area contributed by atoms with E-state index in [0.29, 0.717) is 5.92 Å². The van der Waals surface area contributed by atoms with E-state index >= 15 is 0 Å². The summed E-state index contributed by atoms with van der Waals surface area (Å²) in [5, 5.41) is 6.21. The number of rotatable bonds is 4. The summed E-state index contributed by atoms with van der Waals surface area (Å²) in [5.74, 6) is 0.665. The maximum atomic E-state index is 12.1. The fraction of sp³-hybridized carbons (Fsp3) is 0.562. The molecule has 1 fully saturated rings. The Balaban J connectivity index is 0.00000220. The third-order valence-corrected chi connectivity index (χ3v) is 4.60. The van der Waals surface area contributed by atoms with E-state index in [-0.39, 0.29) is 29.0 Å². The van der Waals surface area contributed by atoms with Crippen LogP contribution in [-0.2, 0) is 4.79 Å². The minimum absolute atomic E-state index is 0. The van der Waals surface area contributed by atoms with Crippen LogP contribution in [0.15, 0.2) is 29.2 Å². The van der Waals surface area contributed by atoms with Gasteiger partial charge in [0.05, 0.1) is 0 Å². The number of carbonyl (C=O) groups excluding carboxylic acids is 1. The van der Waals surface area contributed by atoms with Crippen molar-refractivity contribution in [3.63, 3.8) is 0 Å². The minimum Gasteiger partial charge on any atom is -0.326 e. The molecule has 0 aliphatic carbocycles. The van der Waals surface area contributed by atoms with Gasteiger partial charge in [-0.1, -0.05) is 27.7 Å². The standard InChI is InChI=1S/C16H24N2OS.ClH/c1-11(12-9-17-10-12)15(19)18-13-5-7-14(8-6-13)20-16(2,3)4;/h5-8,11-12,17H,9-10H2,1-4H3,(H,18,19);1H. The van der Waals surface area contributed by atoms with Crippen LogP contribution in [-0.4, -0.2) is 23.7 Å². The number of thioether (sulfide) groups is 1. The highest BCUT2D eigenvalue weighted by molar-refractivity contribution is 8.00. The summed E-state index contributed by atoms with van der Waals surface area (Å²) in [6.45, 7) is 10.5. The Bertz CT molecular complexity index is 466. The van der Waals surface area contributed by atoms with Gasteiger partial charge in [-0.05, 0) is 43.3 Å². The minimum atomic E-state index is 0. The van der Waals surface area contributed by atoms with Crippen LogP contribution in [0.3, 0.4) is 0 Å². The van der Waals surface area contributed by atoms with E-state index < -0.39 is 0 Å². The fourth-order valence-electron chi connectivity index (χ4n) is 2.09. The second kappa shape index (κ2) is 7.52. The van der Waals surface area contributed by atoms with Gasteiger partial charge in [-0.2, -0.15) is 0 Å². The molecule has 2 N–H and O–H groups in total. The van der Waals surface area contributed by atoms with Gasteiger partial charge in [-0.15, -0.1) is 24.2 Å². The molecule has 5 heteroatoms. The van der Waals surface area contributed by atoms with Crippen LogP contribution >= 0.6 is 24.2 Å². The first-order valence-corrected chi connectivity index (χ1v) is 7.97. The smallest absolute Gasteiger partial charge is 0.227 e. The van der Waals surface area contributed by atoms with Gasteiger partial charge in [0.25, 0.3) is 0 Å². The Morgan fingerprint density at radius 2 is 1.86 bits per heavy atom. The van der Waals surface area contributed by atoms with Crippen LogP contribution in [0.4, 0.5) is 5.69 Å². The lowest BCUT2D eigenvalue weighted by Crippen LogP contribution is -2.48. The lowest BCUT2D eigenvalue weighted by atomic mass is 9.88. The molecular formula is C16H25ClN2OS. The highest BCUT2D eigenvalue weighted by Crippen LogP contribution is 2.32. The van der Waals surface area contributed by atoms with Gasteiger partial charge >= 0.3 is 0 Å². The Kier molecular flexibility index (Phi) is 6.57. The molecule has 1 atom stereocenters. The summed E-state index contributed by atoms with van der Waals surface area (Å²) in [6.07, 6.45) is 0. The number of hydrogen-bond donors (Lipinski definition) is 2. The summed E-state index contributed by atoms with van der Waals surface area (Å²) in [4.78, 5) is 13.3. The molecule has 0 aromatic heterocycles. The van der Waals surface area contributed by atoms with E-state index in [0.717, 1.165) is 18.8 Å².